The van der Waals surface area contributed by atoms with Crippen LogP contribution in [0, 0.1) is 11.8 Å². The van der Waals surface area contributed by atoms with E-state index in [0.717, 1.165) is 6.42 Å². The fourth-order valence-electron chi connectivity index (χ4n) is 4.06. The lowest BCUT2D eigenvalue weighted by Crippen LogP contribution is -2.52. The molecule has 3 heterocycles. The third-order valence-electron chi connectivity index (χ3n) is 5.15. The van der Waals surface area contributed by atoms with E-state index in [1.807, 2.05) is 6.92 Å². The molecule has 1 saturated heterocycles. The van der Waals surface area contributed by atoms with Gasteiger partial charge in [-0.3, -0.25) is 9.59 Å². The Hall–Kier alpha value is -2.35. The second kappa shape index (κ2) is 6.87. The predicted molar refractivity (Wildman–Crippen MR) is 88.8 cm³/mol. The number of carbonyl (C=O) groups excluding carboxylic acids is 2. The molecular weight excluding hydrogens is 326 g/mol. The van der Waals surface area contributed by atoms with Crippen molar-refractivity contribution in [2.45, 2.75) is 32.0 Å². The number of fused-ring (bicyclic) bond motifs is 4. The zero-order chi connectivity index (χ0) is 18.1. The normalized spacial score (nSPS) is 26.9. The molecule has 0 saturated carbocycles. The van der Waals surface area contributed by atoms with E-state index in [4.69, 9.17) is 4.74 Å². The highest BCUT2D eigenvalue weighted by molar-refractivity contribution is 5.80. The zero-order valence-corrected chi connectivity index (χ0v) is 14.3. The monoisotopic (exact) mass is 349 g/mol. The van der Waals surface area contributed by atoms with Crippen LogP contribution in [-0.4, -0.2) is 52.9 Å². The molecule has 8 nitrogen and oxygen atoms in total. The second-order valence-corrected chi connectivity index (χ2v) is 6.45. The molecule has 1 aromatic heterocycles. The minimum Gasteiger partial charge on any atom is -0.469 e. The van der Waals surface area contributed by atoms with Gasteiger partial charge in [0.1, 0.15) is 0 Å². The Morgan fingerprint density at radius 3 is 2.80 bits per heavy atom. The van der Waals surface area contributed by atoms with Crippen molar-refractivity contribution in [2.24, 2.45) is 11.8 Å². The van der Waals surface area contributed by atoms with Crippen molar-refractivity contribution >= 4 is 12.0 Å². The van der Waals surface area contributed by atoms with Gasteiger partial charge in [0.2, 0.25) is 0 Å². The second-order valence-electron chi connectivity index (χ2n) is 6.45. The molecule has 1 fully saturated rings. The highest BCUT2D eigenvalue weighted by Gasteiger charge is 2.57. The lowest BCUT2D eigenvalue weighted by molar-refractivity contribution is -0.148. The number of pyridine rings is 1. The van der Waals surface area contributed by atoms with Crippen molar-refractivity contribution in [3.63, 3.8) is 0 Å². The van der Waals surface area contributed by atoms with Gasteiger partial charge in [0.25, 0.3) is 5.56 Å². The van der Waals surface area contributed by atoms with Gasteiger partial charge in [-0.2, -0.15) is 0 Å². The summed E-state index contributed by atoms with van der Waals surface area (Å²) in [6, 6.07) is 3.47. The number of aromatic nitrogens is 1. The molecule has 1 aromatic rings. The van der Waals surface area contributed by atoms with Gasteiger partial charge in [0.05, 0.1) is 25.1 Å². The van der Waals surface area contributed by atoms with E-state index >= 15 is 0 Å². The maximum absolute atomic E-state index is 12.7. The summed E-state index contributed by atoms with van der Waals surface area (Å²) >= 11 is 0. The van der Waals surface area contributed by atoms with E-state index in [-0.39, 0.29) is 24.7 Å². The van der Waals surface area contributed by atoms with Crippen molar-refractivity contribution in [3.8, 4) is 0 Å². The summed E-state index contributed by atoms with van der Waals surface area (Å²) in [5.41, 5.74) is 0.421. The molecule has 8 heteroatoms. The molecule has 2 bridgehead atoms. The lowest BCUT2D eigenvalue weighted by Gasteiger charge is -2.37. The van der Waals surface area contributed by atoms with E-state index < -0.39 is 29.9 Å². The smallest absolute Gasteiger partial charge is 0.318 e. The highest BCUT2D eigenvalue weighted by atomic mass is 16.5. The third-order valence-corrected chi connectivity index (χ3v) is 5.15. The molecule has 25 heavy (non-hydrogen) atoms. The van der Waals surface area contributed by atoms with Gasteiger partial charge in [0.15, 0.2) is 0 Å². The number of aliphatic hydroxyl groups is 1. The number of nitrogens with one attached hydrogen (secondary N) is 1. The van der Waals surface area contributed by atoms with E-state index in [1.54, 1.807) is 21.6 Å². The third kappa shape index (κ3) is 2.70. The number of nitrogens with zero attached hydrogens (tertiary/aromatic N) is 2. The first kappa shape index (κ1) is 17.5. The molecule has 0 aliphatic carbocycles. The van der Waals surface area contributed by atoms with Crippen molar-refractivity contribution in [1.29, 1.82) is 0 Å². The first-order valence-corrected chi connectivity index (χ1v) is 8.49. The minimum absolute atomic E-state index is 0.177. The highest BCUT2D eigenvalue weighted by Crippen LogP contribution is 2.48. The number of rotatable bonds is 4. The van der Waals surface area contributed by atoms with E-state index in [2.05, 4.69) is 5.32 Å². The van der Waals surface area contributed by atoms with Gasteiger partial charge >= 0.3 is 12.0 Å². The van der Waals surface area contributed by atoms with Crippen molar-refractivity contribution in [3.05, 3.63) is 34.2 Å². The topological polar surface area (TPSA) is 101 Å². The quantitative estimate of drug-likeness (QED) is 0.751. The fraction of sp³-hybridized carbons (Fsp3) is 0.588. The van der Waals surface area contributed by atoms with Gasteiger partial charge in [-0.1, -0.05) is 13.0 Å². The summed E-state index contributed by atoms with van der Waals surface area (Å²) in [7, 11) is 1.29. The molecule has 3 rings (SSSR count). The van der Waals surface area contributed by atoms with E-state index in [1.165, 1.54) is 13.2 Å². The number of hydrogen-bond donors (Lipinski definition) is 2. The van der Waals surface area contributed by atoms with Gasteiger partial charge in [-0.15, -0.1) is 0 Å². The van der Waals surface area contributed by atoms with Crippen LogP contribution in [0.15, 0.2) is 23.0 Å². The van der Waals surface area contributed by atoms with Crippen LogP contribution in [0.4, 0.5) is 4.79 Å². The molecule has 0 aromatic carbocycles. The number of ether oxygens (including phenoxy) is 1. The summed E-state index contributed by atoms with van der Waals surface area (Å²) in [6.07, 6.45) is 0.787. The Morgan fingerprint density at radius 1 is 1.40 bits per heavy atom. The molecule has 0 unspecified atom stereocenters. The Balaban J connectivity index is 2.11. The summed E-state index contributed by atoms with van der Waals surface area (Å²) < 4.78 is 6.52. The largest absolute Gasteiger partial charge is 0.469 e. The molecular formula is C17H23N3O5. The van der Waals surface area contributed by atoms with Crippen LogP contribution < -0.4 is 10.9 Å². The molecule has 4 atom stereocenters. The number of urea groups is 1. The first-order valence-electron chi connectivity index (χ1n) is 8.49. The van der Waals surface area contributed by atoms with Gasteiger partial charge in [0, 0.05) is 37.4 Å². The van der Waals surface area contributed by atoms with Crippen LogP contribution in [0.2, 0.25) is 0 Å². The molecule has 136 valence electrons. The Kier molecular flexibility index (Phi) is 4.80. The number of hydrogen-bond acceptors (Lipinski definition) is 5. The van der Waals surface area contributed by atoms with Crippen LogP contribution in [0.1, 0.15) is 25.1 Å². The number of aliphatic hydroxyl groups excluding tert-OH is 1. The Morgan fingerprint density at radius 2 is 2.16 bits per heavy atom. The van der Waals surface area contributed by atoms with Gasteiger partial charge in [-0.25, -0.2) is 4.79 Å². The number of methoxy groups -OCH3 is 1. The average molecular weight is 349 g/mol. The standard InChI is InChI=1S/C17H23N3O5/c1-3-7-18-17(24)20-12-8-19-11(5-4-6-13(19)22)15(20)14(10(12)9-21)16(23)25-2/h4-6,10,12,14-15,21H,3,7-9H2,1-2H3,(H,18,24)/t10-,12-,14+,15+/m1/s1. The minimum atomic E-state index is -0.706. The summed E-state index contributed by atoms with van der Waals surface area (Å²) in [5.74, 6) is -1.67. The first-order chi connectivity index (χ1) is 12.0. The predicted octanol–water partition coefficient (Wildman–Crippen LogP) is 0.105. The van der Waals surface area contributed by atoms with Crippen LogP contribution in [-0.2, 0) is 16.1 Å². The molecule has 0 radical (unpaired) electrons. The van der Waals surface area contributed by atoms with Crippen molar-refractivity contribution in [1.82, 2.24) is 14.8 Å². The van der Waals surface area contributed by atoms with Crippen LogP contribution in [0.5, 0.6) is 0 Å². The summed E-state index contributed by atoms with van der Waals surface area (Å²) in [6.45, 7) is 2.46. The van der Waals surface area contributed by atoms with Crippen LogP contribution >= 0.6 is 0 Å². The molecule has 2 aliphatic heterocycles. The maximum Gasteiger partial charge on any atom is 0.318 e. The zero-order valence-electron chi connectivity index (χ0n) is 14.3. The Labute approximate surface area is 145 Å². The van der Waals surface area contributed by atoms with E-state index in [9.17, 15) is 19.5 Å². The summed E-state index contributed by atoms with van der Waals surface area (Å²) in [5, 5.41) is 12.7. The number of carbonyl (C=O) groups is 2. The van der Waals surface area contributed by atoms with Gasteiger partial charge in [-0.05, 0) is 12.5 Å². The molecule has 2 amide bonds. The molecule has 2 N–H and O–H groups in total. The number of esters is 1. The SMILES string of the molecule is CCCNC(=O)N1[C@@H]2Cn3c(cccc3=O)[C@H]1[C@@H](C(=O)OC)[C@@H]2CO. The van der Waals surface area contributed by atoms with E-state index in [0.29, 0.717) is 12.2 Å². The van der Waals surface area contributed by atoms with Gasteiger partial charge < -0.3 is 24.6 Å². The van der Waals surface area contributed by atoms with Crippen molar-refractivity contribution in [2.75, 3.05) is 20.3 Å². The average Bonchev–Trinajstić information content (AvgIpc) is 2.86. The molecule has 2 aliphatic rings. The summed E-state index contributed by atoms with van der Waals surface area (Å²) in [4.78, 5) is 39.0. The fourth-order valence-corrected chi connectivity index (χ4v) is 4.06. The number of amides is 2. The maximum atomic E-state index is 12.7. The van der Waals surface area contributed by atoms with Crippen molar-refractivity contribution < 1.29 is 19.4 Å². The van der Waals surface area contributed by atoms with Crippen LogP contribution in [0.3, 0.4) is 0 Å². The lowest BCUT2D eigenvalue weighted by atomic mass is 9.87. The Bertz CT molecular complexity index is 731. The molecule has 0 spiro atoms. The van der Waals surface area contributed by atoms with Crippen LogP contribution in [0.25, 0.3) is 0 Å².